The lowest BCUT2D eigenvalue weighted by Crippen LogP contribution is -2.12. The van der Waals surface area contributed by atoms with Gasteiger partial charge in [-0.2, -0.15) is 0 Å². The van der Waals surface area contributed by atoms with Crippen LogP contribution in [0.3, 0.4) is 0 Å². The van der Waals surface area contributed by atoms with Crippen LogP contribution in [0.4, 0.5) is 11.4 Å². The Morgan fingerprint density at radius 2 is 1.79 bits per heavy atom. The Hall–Kier alpha value is -2.49. The second kappa shape index (κ2) is 8.96. The van der Waals surface area contributed by atoms with Gasteiger partial charge in [0, 0.05) is 12.1 Å². The highest BCUT2D eigenvalue weighted by Gasteiger charge is 2.06. The van der Waals surface area contributed by atoms with Crippen LogP contribution < -0.4 is 15.8 Å². The third-order valence-electron chi connectivity index (χ3n) is 3.82. The molecule has 0 aliphatic carbocycles. The molecule has 4 nitrogen and oxygen atoms in total. The summed E-state index contributed by atoms with van der Waals surface area (Å²) in [6, 6.07) is 13.7. The number of rotatable bonds is 8. The first-order valence-corrected chi connectivity index (χ1v) is 8.52. The average Bonchev–Trinajstić information content (AvgIpc) is 2.60. The first kappa shape index (κ1) is 17.9. The van der Waals surface area contributed by atoms with E-state index in [1.165, 1.54) is 5.56 Å². The van der Waals surface area contributed by atoms with E-state index in [4.69, 9.17) is 10.5 Å². The van der Waals surface area contributed by atoms with Crippen molar-refractivity contribution >= 4 is 17.3 Å². The molecule has 0 saturated heterocycles. The van der Waals surface area contributed by atoms with Crippen molar-refractivity contribution < 1.29 is 9.53 Å². The molecule has 3 N–H and O–H groups in total. The SMILES string of the molecule is CCCOc1ccc(CCC(=O)Nc2ccc(CC)cc2)cc1N. The highest BCUT2D eigenvalue weighted by molar-refractivity contribution is 5.90. The number of hydrogen-bond acceptors (Lipinski definition) is 3. The third-order valence-corrected chi connectivity index (χ3v) is 3.82. The molecule has 0 aliphatic heterocycles. The quantitative estimate of drug-likeness (QED) is 0.715. The minimum atomic E-state index is 0.00382. The van der Waals surface area contributed by atoms with E-state index in [2.05, 4.69) is 19.2 Å². The second-order valence-electron chi connectivity index (χ2n) is 5.82. The van der Waals surface area contributed by atoms with Gasteiger partial charge in [-0.15, -0.1) is 0 Å². The third kappa shape index (κ3) is 5.30. The number of aryl methyl sites for hydroxylation is 2. The summed E-state index contributed by atoms with van der Waals surface area (Å²) in [6.07, 6.45) is 3.01. The largest absolute Gasteiger partial charge is 0.491 e. The molecule has 0 bridgehead atoms. The van der Waals surface area contributed by atoms with E-state index in [0.29, 0.717) is 30.9 Å². The number of nitrogens with two attached hydrogens (primary N) is 1. The summed E-state index contributed by atoms with van der Waals surface area (Å²) in [5, 5.41) is 2.92. The van der Waals surface area contributed by atoms with Crippen LogP contribution in [-0.2, 0) is 17.6 Å². The van der Waals surface area contributed by atoms with E-state index in [-0.39, 0.29) is 5.91 Å². The molecule has 2 aromatic carbocycles. The number of anilines is 2. The van der Waals surface area contributed by atoms with Crippen molar-refractivity contribution in [1.82, 2.24) is 0 Å². The van der Waals surface area contributed by atoms with Gasteiger partial charge in [0.2, 0.25) is 5.91 Å². The second-order valence-corrected chi connectivity index (χ2v) is 5.82. The van der Waals surface area contributed by atoms with E-state index < -0.39 is 0 Å². The van der Waals surface area contributed by atoms with Crippen molar-refractivity contribution in [2.75, 3.05) is 17.7 Å². The van der Waals surface area contributed by atoms with Crippen LogP contribution in [-0.4, -0.2) is 12.5 Å². The zero-order valence-corrected chi connectivity index (χ0v) is 14.5. The average molecular weight is 326 g/mol. The molecule has 0 unspecified atom stereocenters. The summed E-state index contributed by atoms with van der Waals surface area (Å²) in [4.78, 5) is 12.1. The molecule has 2 aromatic rings. The number of ether oxygens (including phenoxy) is 1. The number of nitrogen functional groups attached to an aromatic ring is 1. The van der Waals surface area contributed by atoms with Gasteiger partial charge in [0.1, 0.15) is 5.75 Å². The van der Waals surface area contributed by atoms with Crippen LogP contribution in [0.2, 0.25) is 0 Å². The maximum atomic E-state index is 12.1. The van der Waals surface area contributed by atoms with Crippen molar-refractivity contribution in [2.24, 2.45) is 0 Å². The smallest absolute Gasteiger partial charge is 0.224 e. The first-order chi connectivity index (χ1) is 11.6. The lowest BCUT2D eigenvalue weighted by Gasteiger charge is -2.10. The monoisotopic (exact) mass is 326 g/mol. The summed E-state index contributed by atoms with van der Waals surface area (Å²) < 4.78 is 5.56. The Bertz CT molecular complexity index is 666. The van der Waals surface area contributed by atoms with Gasteiger partial charge in [0.15, 0.2) is 0 Å². The Balaban J connectivity index is 1.85. The van der Waals surface area contributed by atoms with Crippen LogP contribution in [0, 0.1) is 0 Å². The molecule has 0 atom stereocenters. The number of carbonyl (C=O) groups is 1. The Morgan fingerprint density at radius 1 is 1.08 bits per heavy atom. The molecule has 2 rings (SSSR count). The number of hydrogen-bond donors (Lipinski definition) is 2. The molecule has 1 amide bonds. The fraction of sp³-hybridized carbons (Fsp3) is 0.350. The number of nitrogens with one attached hydrogen (secondary N) is 1. The van der Waals surface area contributed by atoms with Gasteiger partial charge < -0.3 is 15.8 Å². The van der Waals surface area contributed by atoms with Crippen LogP contribution in [0.15, 0.2) is 42.5 Å². The lowest BCUT2D eigenvalue weighted by atomic mass is 10.1. The van der Waals surface area contributed by atoms with Crippen LogP contribution >= 0.6 is 0 Å². The van der Waals surface area contributed by atoms with Gasteiger partial charge in [-0.05, 0) is 54.7 Å². The zero-order chi connectivity index (χ0) is 17.4. The van der Waals surface area contributed by atoms with Gasteiger partial charge in [-0.25, -0.2) is 0 Å². The van der Waals surface area contributed by atoms with Gasteiger partial charge >= 0.3 is 0 Å². The fourth-order valence-corrected chi connectivity index (χ4v) is 2.40. The van der Waals surface area contributed by atoms with Crippen molar-refractivity contribution in [3.8, 4) is 5.75 Å². The number of carbonyl (C=O) groups excluding carboxylic acids is 1. The molecule has 0 heterocycles. The fourth-order valence-electron chi connectivity index (χ4n) is 2.40. The molecule has 128 valence electrons. The summed E-state index contributed by atoms with van der Waals surface area (Å²) in [7, 11) is 0. The first-order valence-electron chi connectivity index (χ1n) is 8.52. The van der Waals surface area contributed by atoms with Gasteiger partial charge in [0.25, 0.3) is 0 Å². The van der Waals surface area contributed by atoms with Crippen molar-refractivity contribution in [1.29, 1.82) is 0 Å². The van der Waals surface area contributed by atoms with Crippen molar-refractivity contribution in [3.63, 3.8) is 0 Å². The molecule has 0 aliphatic rings. The minimum absolute atomic E-state index is 0.00382. The van der Waals surface area contributed by atoms with E-state index in [9.17, 15) is 4.79 Å². The highest BCUT2D eigenvalue weighted by Crippen LogP contribution is 2.23. The molecule has 24 heavy (non-hydrogen) atoms. The van der Waals surface area contributed by atoms with Crippen molar-refractivity contribution in [2.45, 2.75) is 39.5 Å². The summed E-state index contributed by atoms with van der Waals surface area (Å²) in [5.41, 5.74) is 9.74. The molecule has 0 aromatic heterocycles. The lowest BCUT2D eigenvalue weighted by molar-refractivity contribution is -0.116. The topological polar surface area (TPSA) is 64.3 Å². The molecule has 0 fully saturated rings. The zero-order valence-electron chi connectivity index (χ0n) is 14.5. The molecular formula is C20H26N2O2. The van der Waals surface area contributed by atoms with E-state index in [1.54, 1.807) is 0 Å². The standard InChI is InChI=1S/C20H26N2O2/c1-3-13-24-19-11-7-16(14-18(19)21)8-12-20(23)22-17-9-5-15(4-2)6-10-17/h5-7,9-11,14H,3-4,8,12-13,21H2,1-2H3,(H,22,23). The molecule has 4 heteroatoms. The molecule has 0 saturated carbocycles. The minimum Gasteiger partial charge on any atom is -0.491 e. The normalized spacial score (nSPS) is 10.4. The Kier molecular flexibility index (Phi) is 6.67. The predicted octanol–water partition coefficient (Wildman–Crippen LogP) is 4.19. The number of benzene rings is 2. The maximum Gasteiger partial charge on any atom is 0.224 e. The molecular weight excluding hydrogens is 300 g/mol. The molecule has 0 radical (unpaired) electrons. The van der Waals surface area contributed by atoms with E-state index in [1.807, 2.05) is 42.5 Å². The Labute approximate surface area is 144 Å². The predicted molar refractivity (Wildman–Crippen MR) is 99.4 cm³/mol. The van der Waals surface area contributed by atoms with Gasteiger partial charge in [0.05, 0.1) is 12.3 Å². The van der Waals surface area contributed by atoms with E-state index >= 15 is 0 Å². The van der Waals surface area contributed by atoms with E-state index in [0.717, 1.165) is 24.1 Å². The summed E-state index contributed by atoms with van der Waals surface area (Å²) in [5.74, 6) is 0.713. The van der Waals surface area contributed by atoms with Crippen LogP contribution in [0.1, 0.15) is 37.8 Å². The maximum absolute atomic E-state index is 12.1. The number of amides is 1. The Morgan fingerprint density at radius 3 is 2.42 bits per heavy atom. The summed E-state index contributed by atoms with van der Waals surface area (Å²) >= 11 is 0. The molecule has 0 spiro atoms. The highest BCUT2D eigenvalue weighted by atomic mass is 16.5. The van der Waals surface area contributed by atoms with Gasteiger partial charge in [-0.1, -0.05) is 32.0 Å². The summed E-state index contributed by atoms with van der Waals surface area (Å²) in [6.45, 7) is 4.82. The van der Waals surface area contributed by atoms with Crippen molar-refractivity contribution in [3.05, 3.63) is 53.6 Å². The van der Waals surface area contributed by atoms with Crippen LogP contribution in [0.5, 0.6) is 5.75 Å². The van der Waals surface area contributed by atoms with Crippen LogP contribution in [0.25, 0.3) is 0 Å². The van der Waals surface area contributed by atoms with Gasteiger partial charge in [-0.3, -0.25) is 4.79 Å².